The van der Waals surface area contributed by atoms with Crippen LogP contribution in [0, 0.1) is 5.82 Å². The lowest BCUT2D eigenvalue weighted by atomic mass is 10.1. The van der Waals surface area contributed by atoms with Crippen LogP contribution in [0.5, 0.6) is 11.5 Å². The number of rotatable bonds is 7. The van der Waals surface area contributed by atoms with E-state index in [2.05, 4.69) is 34.3 Å². The number of carbonyl (C=O) groups excluding carboxylic acids is 2. The molecule has 0 spiro atoms. The number of halogens is 1. The van der Waals surface area contributed by atoms with E-state index in [1.165, 1.54) is 18.2 Å². The number of ether oxygens (including phenoxy) is 2. The Hall–Kier alpha value is -4.54. The molecule has 0 radical (unpaired) electrons. The standard InChI is InChI=1S/C33H34FN5O4/c1-3-38-12-13-39(21(2)19-38)20-26-7-4-22-16-23(5-10-28(22)35-26)33(41)37-29-18-25(8-9-27(29)34)36-32(40)24-6-11-30-31(17-24)43-15-14-42-30/h4-11,16-18,21H,3,12-15,19-20H2,1-2H3,(H,36,40)(H,37,41). The molecule has 43 heavy (non-hydrogen) atoms. The van der Waals surface area contributed by atoms with Crippen LogP contribution < -0.4 is 20.1 Å². The summed E-state index contributed by atoms with van der Waals surface area (Å²) < 4.78 is 25.7. The van der Waals surface area contributed by atoms with Gasteiger partial charge in [0.25, 0.3) is 11.8 Å². The predicted molar refractivity (Wildman–Crippen MR) is 163 cm³/mol. The summed E-state index contributed by atoms with van der Waals surface area (Å²) >= 11 is 0. The minimum absolute atomic E-state index is 0.0455. The summed E-state index contributed by atoms with van der Waals surface area (Å²) in [6.07, 6.45) is 0. The van der Waals surface area contributed by atoms with Crippen molar-refractivity contribution in [3.63, 3.8) is 0 Å². The van der Waals surface area contributed by atoms with Crippen molar-refractivity contribution >= 4 is 34.1 Å². The van der Waals surface area contributed by atoms with E-state index < -0.39 is 17.6 Å². The van der Waals surface area contributed by atoms with E-state index in [0.29, 0.717) is 47.6 Å². The molecule has 2 aliphatic heterocycles. The molecular weight excluding hydrogens is 549 g/mol. The number of pyridine rings is 1. The van der Waals surface area contributed by atoms with Gasteiger partial charge in [-0.1, -0.05) is 13.0 Å². The monoisotopic (exact) mass is 583 g/mol. The first-order valence-corrected chi connectivity index (χ1v) is 14.5. The van der Waals surface area contributed by atoms with Gasteiger partial charge in [-0.05, 0) is 74.1 Å². The van der Waals surface area contributed by atoms with Crippen LogP contribution in [0.3, 0.4) is 0 Å². The lowest BCUT2D eigenvalue weighted by Gasteiger charge is -2.39. The topological polar surface area (TPSA) is 96.0 Å². The van der Waals surface area contributed by atoms with Gasteiger partial charge in [0, 0.05) is 54.4 Å². The Labute approximate surface area is 249 Å². The molecule has 3 aromatic carbocycles. The minimum atomic E-state index is -0.619. The van der Waals surface area contributed by atoms with Gasteiger partial charge in [-0.15, -0.1) is 0 Å². The van der Waals surface area contributed by atoms with Crippen molar-refractivity contribution in [3.05, 3.63) is 89.4 Å². The van der Waals surface area contributed by atoms with Crippen molar-refractivity contribution in [2.75, 3.05) is 50.0 Å². The summed E-state index contributed by atoms with van der Waals surface area (Å²) in [5.74, 6) is -0.419. The van der Waals surface area contributed by atoms with Gasteiger partial charge in [0.1, 0.15) is 19.0 Å². The molecule has 2 N–H and O–H groups in total. The summed E-state index contributed by atoms with van der Waals surface area (Å²) in [5, 5.41) is 6.20. The summed E-state index contributed by atoms with van der Waals surface area (Å²) in [6, 6.07) is 18.6. The average molecular weight is 584 g/mol. The maximum absolute atomic E-state index is 14.7. The maximum atomic E-state index is 14.7. The number of benzene rings is 3. The van der Waals surface area contributed by atoms with Gasteiger partial charge in [0.2, 0.25) is 0 Å². The highest BCUT2D eigenvalue weighted by Crippen LogP contribution is 2.31. The van der Waals surface area contributed by atoms with Gasteiger partial charge in [-0.2, -0.15) is 0 Å². The van der Waals surface area contributed by atoms with E-state index in [-0.39, 0.29) is 5.69 Å². The molecular formula is C33H34FN5O4. The first-order chi connectivity index (χ1) is 20.9. The molecule has 0 saturated carbocycles. The second-order valence-corrected chi connectivity index (χ2v) is 10.9. The second-order valence-electron chi connectivity index (χ2n) is 10.9. The third kappa shape index (κ3) is 6.45. The Morgan fingerprint density at radius 3 is 2.49 bits per heavy atom. The van der Waals surface area contributed by atoms with E-state index >= 15 is 0 Å². The van der Waals surface area contributed by atoms with Crippen LogP contribution in [0.4, 0.5) is 15.8 Å². The molecule has 1 aromatic heterocycles. The van der Waals surface area contributed by atoms with Gasteiger partial charge in [0.15, 0.2) is 11.5 Å². The fraction of sp³-hybridized carbons (Fsp3) is 0.303. The van der Waals surface area contributed by atoms with Crippen molar-refractivity contribution in [1.82, 2.24) is 14.8 Å². The molecule has 9 nitrogen and oxygen atoms in total. The van der Waals surface area contributed by atoms with E-state index in [9.17, 15) is 14.0 Å². The van der Waals surface area contributed by atoms with Crippen LogP contribution >= 0.6 is 0 Å². The summed E-state index contributed by atoms with van der Waals surface area (Å²) in [6.45, 7) is 10.3. The molecule has 2 aliphatic rings. The van der Waals surface area contributed by atoms with Crippen molar-refractivity contribution in [1.29, 1.82) is 0 Å². The zero-order chi connectivity index (χ0) is 29.9. The lowest BCUT2D eigenvalue weighted by molar-refractivity contribution is 0.0803. The van der Waals surface area contributed by atoms with E-state index in [0.717, 1.165) is 49.3 Å². The molecule has 0 aliphatic carbocycles. The van der Waals surface area contributed by atoms with Crippen LogP contribution in [0.15, 0.2) is 66.7 Å². The van der Waals surface area contributed by atoms with E-state index in [1.807, 2.05) is 18.2 Å². The number of amides is 2. The zero-order valence-corrected chi connectivity index (χ0v) is 24.2. The van der Waals surface area contributed by atoms with Crippen LogP contribution in [0.1, 0.15) is 40.3 Å². The fourth-order valence-corrected chi connectivity index (χ4v) is 5.48. The molecule has 1 unspecified atom stereocenters. The lowest BCUT2D eigenvalue weighted by Crippen LogP contribution is -2.51. The van der Waals surface area contributed by atoms with E-state index in [4.69, 9.17) is 14.5 Å². The third-order valence-corrected chi connectivity index (χ3v) is 7.95. The van der Waals surface area contributed by atoms with Crippen molar-refractivity contribution in [2.24, 2.45) is 0 Å². The zero-order valence-electron chi connectivity index (χ0n) is 24.2. The first kappa shape index (κ1) is 28.6. The molecule has 0 bridgehead atoms. The maximum Gasteiger partial charge on any atom is 0.255 e. The number of aromatic nitrogens is 1. The van der Waals surface area contributed by atoms with Crippen LogP contribution in [-0.2, 0) is 6.54 Å². The summed E-state index contributed by atoms with van der Waals surface area (Å²) in [7, 11) is 0. The van der Waals surface area contributed by atoms with Gasteiger partial charge in [-0.25, -0.2) is 4.39 Å². The smallest absolute Gasteiger partial charge is 0.255 e. The Morgan fingerprint density at radius 2 is 1.67 bits per heavy atom. The highest BCUT2D eigenvalue weighted by molar-refractivity contribution is 6.07. The van der Waals surface area contributed by atoms with Gasteiger partial charge in [-0.3, -0.25) is 19.5 Å². The number of piperazine rings is 1. The molecule has 222 valence electrons. The summed E-state index contributed by atoms with van der Waals surface area (Å²) in [5.41, 5.74) is 2.80. The third-order valence-electron chi connectivity index (χ3n) is 7.95. The Morgan fingerprint density at radius 1 is 0.907 bits per heavy atom. The van der Waals surface area contributed by atoms with Crippen LogP contribution in [-0.4, -0.2) is 72.0 Å². The van der Waals surface area contributed by atoms with Gasteiger partial charge < -0.3 is 25.0 Å². The molecule has 3 heterocycles. The molecule has 6 rings (SSSR count). The fourth-order valence-electron chi connectivity index (χ4n) is 5.48. The molecule has 4 aromatic rings. The predicted octanol–water partition coefficient (Wildman–Crippen LogP) is 5.18. The Kier molecular flexibility index (Phi) is 8.22. The first-order valence-electron chi connectivity index (χ1n) is 14.5. The number of hydrogen-bond acceptors (Lipinski definition) is 7. The minimum Gasteiger partial charge on any atom is -0.486 e. The number of carbonyl (C=O) groups is 2. The highest BCUT2D eigenvalue weighted by atomic mass is 19.1. The molecule has 2 amide bonds. The molecule has 1 saturated heterocycles. The van der Waals surface area contributed by atoms with E-state index in [1.54, 1.807) is 30.3 Å². The quantitative estimate of drug-likeness (QED) is 0.310. The average Bonchev–Trinajstić information content (AvgIpc) is 3.03. The highest BCUT2D eigenvalue weighted by Gasteiger charge is 2.23. The van der Waals surface area contributed by atoms with Crippen molar-refractivity contribution < 1.29 is 23.5 Å². The molecule has 10 heteroatoms. The molecule has 1 fully saturated rings. The Balaban J connectivity index is 1.12. The SMILES string of the molecule is CCN1CCN(Cc2ccc3cc(C(=O)Nc4cc(NC(=O)c5ccc6c(c5)OCCO6)ccc4F)ccc3n2)C(C)C1. The number of hydrogen-bond donors (Lipinski definition) is 2. The largest absolute Gasteiger partial charge is 0.486 e. The molecule has 1 atom stereocenters. The van der Waals surface area contributed by atoms with Crippen molar-refractivity contribution in [2.45, 2.75) is 26.4 Å². The van der Waals surface area contributed by atoms with Crippen molar-refractivity contribution in [3.8, 4) is 11.5 Å². The second kappa shape index (κ2) is 12.4. The summed E-state index contributed by atoms with van der Waals surface area (Å²) in [4.78, 5) is 35.7. The van der Waals surface area contributed by atoms with Crippen LogP contribution in [0.25, 0.3) is 10.9 Å². The number of nitrogens with zero attached hydrogens (tertiary/aromatic N) is 3. The Bertz CT molecular complexity index is 1680. The van der Waals surface area contributed by atoms with Crippen LogP contribution in [0.2, 0.25) is 0 Å². The van der Waals surface area contributed by atoms with Gasteiger partial charge in [0.05, 0.1) is 16.9 Å². The number of nitrogens with one attached hydrogen (secondary N) is 2. The number of anilines is 2. The van der Waals surface area contributed by atoms with Gasteiger partial charge >= 0.3 is 0 Å². The number of fused-ring (bicyclic) bond motifs is 2. The number of likely N-dealkylation sites (N-methyl/N-ethyl adjacent to an activating group) is 1. The normalized spacial score (nSPS) is 17.0.